The average Bonchev–Trinajstić information content (AvgIpc) is 2.85. The largest absolute Gasteiger partial charge is 0.312 e. The maximum atomic E-state index is 12.5. The van der Waals surface area contributed by atoms with E-state index in [9.17, 15) is 4.79 Å². The van der Waals surface area contributed by atoms with E-state index in [2.05, 4.69) is 58.0 Å². The number of hydrogen-bond donors (Lipinski definition) is 0. The van der Waals surface area contributed by atoms with Crippen LogP contribution < -0.4 is 4.80 Å². The molecule has 2 aromatic carbocycles. The van der Waals surface area contributed by atoms with Crippen LogP contribution in [0.15, 0.2) is 58.5 Å². The highest BCUT2D eigenvalue weighted by atomic mass is 79.9. The van der Waals surface area contributed by atoms with Crippen LogP contribution >= 0.6 is 27.3 Å². The molecular weight excluding hydrogens is 384 g/mol. The molecule has 0 unspecified atom stereocenters. The third-order valence-corrected chi connectivity index (χ3v) is 5.27. The number of halogens is 1. The second kappa shape index (κ2) is 6.87. The Hall–Kier alpha value is -1.98. The predicted molar refractivity (Wildman–Crippen MR) is 104 cm³/mol. The third-order valence-electron chi connectivity index (χ3n) is 3.71. The van der Waals surface area contributed by atoms with Gasteiger partial charge >= 0.3 is 0 Å². The Morgan fingerprint density at radius 1 is 1.29 bits per heavy atom. The zero-order valence-electron chi connectivity index (χ0n) is 13.5. The number of rotatable bonds is 3. The lowest BCUT2D eigenvalue weighted by molar-refractivity contribution is 0.0998. The Labute approximate surface area is 153 Å². The van der Waals surface area contributed by atoms with Gasteiger partial charge in [0.25, 0.3) is 5.91 Å². The molecule has 3 aromatic rings. The van der Waals surface area contributed by atoms with E-state index in [1.807, 2.05) is 18.2 Å². The first-order valence-corrected chi connectivity index (χ1v) is 9.16. The van der Waals surface area contributed by atoms with Gasteiger partial charge in [-0.25, -0.2) is 0 Å². The molecule has 0 saturated heterocycles. The topological polar surface area (TPSA) is 34.4 Å². The Morgan fingerprint density at radius 2 is 2.00 bits per heavy atom. The number of carbonyl (C=O) groups excluding carboxylic acids is 1. The summed E-state index contributed by atoms with van der Waals surface area (Å²) in [6.45, 7) is 8.61. The Morgan fingerprint density at radius 3 is 2.67 bits per heavy atom. The molecule has 24 heavy (non-hydrogen) atoms. The van der Waals surface area contributed by atoms with Gasteiger partial charge in [-0.3, -0.25) is 4.79 Å². The van der Waals surface area contributed by atoms with Crippen LogP contribution in [0.25, 0.3) is 10.2 Å². The van der Waals surface area contributed by atoms with E-state index in [0.717, 1.165) is 14.7 Å². The van der Waals surface area contributed by atoms with Crippen LogP contribution in [0.4, 0.5) is 0 Å². The van der Waals surface area contributed by atoms with E-state index in [0.29, 0.717) is 16.9 Å². The lowest BCUT2D eigenvalue weighted by Crippen LogP contribution is -2.16. The number of amides is 1. The maximum Gasteiger partial charge on any atom is 0.279 e. The summed E-state index contributed by atoms with van der Waals surface area (Å²) in [5.74, 6) is -0.235. The number of hydrogen-bond acceptors (Lipinski definition) is 2. The third kappa shape index (κ3) is 3.28. The Kier molecular flexibility index (Phi) is 4.83. The van der Waals surface area contributed by atoms with Crippen molar-refractivity contribution in [3.05, 3.63) is 75.0 Å². The molecule has 1 heterocycles. The van der Waals surface area contributed by atoms with Crippen LogP contribution in [-0.2, 0) is 6.54 Å². The molecule has 0 aliphatic rings. The molecule has 3 rings (SSSR count). The SMILES string of the molecule is C=CCn1c(=NC(=O)c2ccc(Br)cc2)sc2cc(C)cc(C)c21. The second-order valence-electron chi connectivity index (χ2n) is 5.64. The first-order chi connectivity index (χ1) is 11.5. The fourth-order valence-electron chi connectivity index (χ4n) is 2.72. The minimum atomic E-state index is -0.235. The molecule has 0 aliphatic heterocycles. The summed E-state index contributed by atoms with van der Waals surface area (Å²) in [7, 11) is 0. The van der Waals surface area contributed by atoms with Gasteiger partial charge in [-0.2, -0.15) is 4.99 Å². The monoisotopic (exact) mass is 400 g/mol. The van der Waals surface area contributed by atoms with E-state index in [4.69, 9.17) is 0 Å². The van der Waals surface area contributed by atoms with Crippen LogP contribution in [0.2, 0.25) is 0 Å². The molecule has 0 aliphatic carbocycles. The zero-order valence-corrected chi connectivity index (χ0v) is 15.9. The van der Waals surface area contributed by atoms with E-state index in [1.54, 1.807) is 12.1 Å². The quantitative estimate of drug-likeness (QED) is 0.568. The van der Waals surface area contributed by atoms with Crippen molar-refractivity contribution in [1.82, 2.24) is 4.57 Å². The fraction of sp³-hybridized carbons (Fsp3) is 0.158. The number of thiazole rings is 1. The van der Waals surface area contributed by atoms with Crippen molar-refractivity contribution >= 4 is 43.4 Å². The minimum Gasteiger partial charge on any atom is -0.312 e. The zero-order chi connectivity index (χ0) is 17.3. The first-order valence-electron chi connectivity index (χ1n) is 7.55. The summed E-state index contributed by atoms with van der Waals surface area (Å²) >= 11 is 4.91. The number of aryl methyl sites for hydroxylation is 2. The maximum absolute atomic E-state index is 12.5. The standard InChI is InChI=1S/C19H17BrN2OS/c1-4-9-22-17-13(3)10-12(2)11-16(17)24-19(22)21-18(23)14-5-7-15(20)8-6-14/h4-8,10-11H,1,9H2,2-3H3. The smallest absolute Gasteiger partial charge is 0.279 e. The average molecular weight is 401 g/mol. The molecule has 0 N–H and O–H groups in total. The molecule has 0 radical (unpaired) electrons. The summed E-state index contributed by atoms with van der Waals surface area (Å²) in [5.41, 5.74) is 4.08. The van der Waals surface area contributed by atoms with Gasteiger partial charge in [-0.05, 0) is 55.3 Å². The molecule has 1 amide bonds. The predicted octanol–water partition coefficient (Wildman–Crippen LogP) is 5.01. The van der Waals surface area contributed by atoms with Crippen LogP contribution in [-0.4, -0.2) is 10.5 Å². The van der Waals surface area contributed by atoms with Crippen LogP contribution in [0.5, 0.6) is 0 Å². The molecule has 0 bridgehead atoms. The Bertz CT molecular complexity index is 997. The number of carbonyl (C=O) groups is 1. The highest BCUT2D eigenvalue weighted by Crippen LogP contribution is 2.23. The molecule has 0 fully saturated rings. The lowest BCUT2D eigenvalue weighted by Gasteiger charge is -2.05. The highest BCUT2D eigenvalue weighted by molar-refractivity contribution is 9.10. The molecule has 0 spiro atoms. The van der Waals surface area contributed by atoms with Crippen molar-refractivity contribution in [2.24, 2.45) is 4.99 Å². The van der Waals surface area contributed by atoms with Gasteiger partial charge in [0.05, 0.1) is 10.2 Å². The van der Waals surface area contributed by atoms with E-state index >= 15 is 0 Å². The Balaban J connectivity index is 2.19. The summed E-state index contributed by atoms with van der Waals surface area (Å²) < 4.78 is 4.13. The normalized spacial score (nSPS) is 11.9. The summed E-state index contributed by atoms with van der Waals surface area (Å²) in [5, 5.41) is 0. The lowest BCUT2D eigenvalue weighted by atomic mass is 10.1. The van der Waals surface area contributed by atoms with Crippen molar-refractivity contribution in [2.75, 3.05) is 0 Å². The molecule has 122 valence electrons. The number of aromatic nitrogens is 1. The van der Waals surface area contributed by atoms with Gasteiger partial charge < -0.3 is 4.57 Å². The number of nitrogens with zero attached hydrogens (tertiary/aromatic N) is 2. The second-order valence-corrected chi connectivity index (χ2v) is 7.56. The molecule has 1 aromatic heterocycles. The number of benzene rings is 2. The van der Waals surface area contributed by atoms with Crippen LogP contribution in [0.1, 0.15) is 21.5 Å². The summed E-state index contributed by atoms with van der Waals surface area (Å²) in [6, 6.07) is 11.5. The van der Waals surface area contributed by atoms with E-state index in [1.165, 1.54) is 22.5 Å². The van der Waals surface area contributed by atoms with E-state index in [-0.39, 0.29) is 5.91 Å². The van der Waals surface area contributed by atoms with Crippen molar-refractivity contribution < 1.29 is 4.79 Å². The minimum absolute atomic E-state index is 0.235. The first kappa shape index (κ1) is 16.9. The molecule has 0 atom stereocenters. The summed E-state index contributed by atoms with van der Waals surface area (Å²) in [4.78, 5) is 17.6. The molecule has 0 saturated carbocycles. The fourth-order valence-corrected chi connectivity index (χ4v) is 4.20. The number of fused-ring (bicyclic) bond motifs is 1. The van der Waals surface area contributed by atoms with Crippen molar-refractivity contribution in [3.8, 4) is 0 Å². The van der Waals surface area contributed by atoms with Crippen molar-refractivity contribution in [3.63, 3.8) is 0 Å². The van der Waals surface area contributed by atoms with Gasteiger partial charge in [0, 0.05) is 16.6 Å². The van der Waals surface area contributed by atoms with Crippen LogP contribution in [0, 0.1) is 13.8 Å². The van der Waals surface area contributed by atoms with Crippen molar-refractivity contribution in [1.29, 1.82) is 0 Å². The molecule has 3 nitrogen and oxygen atoms in total. The van der Waals surface area contributed by atoms with Gasteiger partial charge in [0.15, 0.2) is 4.80 Å². The van der Waals surface area contributed by atoms with Crippen molar-refractivity contribution in [2.45, 2.75) is 20.4 Å². The summed E-state index contributed by atoms with van der Waals surface area (Å²) in [6.07, 6.45) is 1.83. The van der Waals surface area contributed by atoms with Gasteiger partial charge in [-0.1, -0.05) is 39.4 Å². The van der Waals surface area contributed by atoms with Gasteiger partial charge in [-0.15, -0.1) is 6.58 Å². The number of allylic oxidation sites excluding steroid dienone is 1. The highest BCUT2D eigenvalue weighted by Gasteiger charge is 2.11. The van der Waals surface area contributed by atoms with Gasteiger partial charge in [0.2, 0.25) is 0 Å². The van der Waals surface area contributed by atoms with Crippen LogP contribution in [0.3, 0.4) is 0 Å². The van der Waals surface area contributed by atoms with E-state index < -0.39 is 0 Å². The molecule has 5 heteroatoms. The van der Waals surface area contributed by atoms with Gasteiger partial charge in [0.1, 0.15) is 0 Å². The molecular formula is C19H17BrN2OS.